The zero-order chi connectivity index (χ0) is 18.1. The molecule has 0 bridgehead atoms. The molecule has 2 aromatic carbocycles. The van der Waals surface area contributed by atoms with Crippen molar-refractivity contribution >= 4 is 12.0 Å². The summed E-state index contributed by atoms with van der Waals surface area (Å²) in [4.78, 5) is 24.0. The number of nitrogens with one attached hydrogen (secondary N) is 1. The van der Waals surface area contributed by atoms with Gasteiger partial charge >= 0.3 is 12.0 Å². The van der Waals surface area contributed by atoms with E-state index in [1.54, 1.807) is 7.05 Å². The van der Waals surface area contributed by atoms with Crippen LogP contribution in [0.5, 0.6) is 0 Å². The van der Waals surface area contributed by atoms with E-state index in [-0.39, 0.29) is 24.9 Å². The van der Waals surface area contributed by atoms with Crippen LogP contribution < -0.4 is 5.32 Å². The Morgan fingerprint density at radius 1 is 1.00 bits per heavy atom. The van der Waals surface area contributed by atoms with Crippen molar-refractivity contribution in [1.29, 1.82) is 0 Å². The van der Waals surface area contributed by atoms with Crippen molar-refractivity contribution in [1.82, 2.24) is 10.2 Å². The van der Waals surface area contributed by atoms with E-state index in [0.717, 1.165) is 6.42 Å². The third kappa shape index (κ3) is 5.95. The van der Waals surface area contributed by atoms with Crippen molar-refractivity contribution in [3.8, 4) is 0 Å². The summed E-state index contributed by atoms with van der Waals surface area (Å²) in [6, 6.07) is 20.2. The molecule has 0 aliphatic heterocycles. The fourth-order valence-electron chi connectivity index (χ4n) is 2.72. The van der Waals surface area contributed by atoms with Gasteiger partial charge < -0.3 is 15.3 Å². The van der Waals surface area contributed by atoms with Gasteiger partial charge in [0.15, 0.2) is 0 Å². The normalized spacial score (nSPS) is 10.5. The van der Waals surface area contributed by atoms with E-state index in [0.29, 0.717) is 6.54 Å². The molecule has 132 valence electrons. The van der Waals surface area contributed by atoms with Gasteiger partial charge in [0, 0.05) is 26.1 Å². The van der Waals surface area contributed by atoms with Crippen LogP contribution in [0, 0.1) is 0 Å². The van der Waals surface area contributed by atoms with Crippen LogP contribution in [0.2, 0.25) is 0 Å². The van der Waals surface area contributed by atoms with Gasteiger partial charge in [-0.25, -0.2) is 4.79 Å². The van der Waals surface area contributed by atoms with Gasteiger partial charge in [0.25, 0.3) is 0 Å². The Bertz CT molecular complexity index is 634. The molecular weight excluding hydrogens is 316 g/mol. The van der Waals surface area contributed by atoms with Gasteiger partial charge in [-0.3, -0.25) is 4.79 Å². The third-order valence-corrected chi connectivity index (χ3v) is 4.12. The van der Waals surface area contributed by atoms with Gasteiger partial charge in [0.2, 0.25) is 0 Å². The average molecular weight is 340 g/mol. The lowest BCUT2D eigenvalue weighted by Gasteiger charge is -2.20. The van der Waals surface area contributed by atoms with Crippen molar-refractivity contribution in [3.63, 3.8) is 0 Å². The molecule has 0 atom stereocenters. The second-order valence-electron chi connectivity index (χ2n) is 5.96. The fourth-order valence-corrected chi connectivity index (χ4v) is 2.72. The molecule has 2 rings (SSSR count). The Morgan fingerprint density at radius 2 is 1.52 bits per heavy atom. The lowest BCUT2D eigenvalue weighted by molar-refractivity contribution is -0.137. The first-order chi connectivity index (χ1) is 12.1. The molecule has 0 heterocycles. The molecule has 2 amide bonds. The van der Waals surface area contributed by atoms with Crippen molar-refractivity contribution in [2.24, 2.45) is 0 Å². The Kier molecular flexibility index (Phi) is 7.01. The Balaban J connectivity index is 1.95. The highest BCUT2D eigenvalue weighted by Gasteiger charge is 2.15. The lowest BCUT2D eigenvalue weighted by Crippen LogP contribution is -2.39. The summed E-state index contributed by atoms with van der Waals surface area (Å²) in [5, 5.41) is 11.6. The van der Waals surface area contributed by atoms with Gasteiger partial charge in [0.05, 0.1) is 6.42 Å². The quantitative estimate of drug-likeness (QED) is 0.774. The van der Waals surface area contributed by atoms with Gasteiger partial charge in [-0.1, -0.05) is 60.7 Å². The summed E-state index contributed by atoms with van der Waals surface area (Å²) in [5.41, 5.74) is 2.42. The van der Waals surface area contributed by atoms with Crippen molar-refractivity contribution < 1.29 is 14.7 Å². The highest BCUT2D eigenvalue weighted by Crippen LogP contribution is 2.27. The highest BCUT2D eigenvalue weighted by molar-refractivity contribution is 5.74. The molecule has 0 aromatic heterocycles. The number of benzene rings is 2. The van der Waals surface area contributed by atoms with Crippen molar-refractivity contribution in [2.75, 3.05) is 20.1 Å². The second kappa shape index (κ2) is 9.47. The standard InChI is InChI=1S/C20H24N2O3/c1-22(15-13-19(23)24)20(25)21-14-12-18(16-8-4-2-5-9-16)17-10-6-3-7-11-17/h2-11,18H,12-15H2,1H3,(H,21,25)(H,23,24). The number of rotatable bonds is 8. The molecular formula is C20H24N2O3. The Morgan fingerprint density at radius 3 is 2.00 bits per heavy atom. The van der Waals surface area contributed by atoms with E-state index in [1.165, 1.54) is 16.0 Å². The summed E-state index contributed by atoms with van der Waals surface area (Å²) in [6.45, 7) is 0.715. The van der Waals surface area contributed by atoms with E-state index in [9.17, 15) is 9.59 Å². The number of carbonyl (C=O) groups is 2. The van der Waals surface area contributed by atoms with E-state index >= 15 is 0 Å². The number of carbonyl (C=O) groups excluding carboxylic acids is 1. The Labute approximate surface area is 148 Å². The predicted octanol–water partition coefficient (Wildman–Crippen LogP) is 3.32. The minimum atomic E-state index is -0.909. The number of hydrogen-bond donors (Lipinski definition) is 2. The summed E-state index contributed by atoms with van der Waals surface area (Å²) < 4.78 is 0. The molecule has 0 radical (unpaired) electrons. The number of amides is 2. The largest absolute Gasteiger partial charge is 0.481 e. The lowest BCUT2D eigenvalue weighted by atomic mass is 9.88. The topological polar surface area (TPSA) is 69.6 Å². The second-order valence-corrected chi connectivity index (χ2v) is 5.96. The molecule has 0 aliphatic rings. The van der Waals surface area contributed by atoms with Crippen LogP contribution in [-0.2, 0) is 4.79 Å². The van der Waals surface area contributed by atoms with Crippen molar-refractivity contribution in [2.45, 2.75) is 18.8 Å². The summed E-state index contributed by atoms with van der Waals surface area (Å²) in [7, 11) is 1.60. The number of urea groups is 1. The number of aliphatic carboxylic acids is 1. The van der Waals surface area contributed by atoms with Crippen LogP contribution >= 0.6 is 0 Å². The first kappa shape index (κ1) is 18.5. The average Bonchev–Trinajstić information content (AvgIpc) is 2.64. The van der Waals surface area contributed by atoms with Crippen LogP contribution in [0.3, 0.4) is 0 Å². The Hall–Kier alpha value is -2.82. The van der Waals surface area contributed by atoms with Crippen LogP contribution in [0.4, 0.5) is 4.79 Å². The molecule has 0 unspecified atom stereocenters. The minimum absolute atomic E-state index is 0.0550. The number of carboxylic acid groups (broad SMARTS) is 1. The highest BCUT2D eigenvalue weighted by atomic mass is 16.4. The molecule has 0 saturated carbocycles. The molecule has 0 fully saturated rings. The maximum absolute atomic E-state index is 12.0. The third-order valence-electron chi connectivity index (χ3n) is 4.12. The molecule has 25 heavy (non-hydrogen) atoms. The molecule has 5 heteroatoms. The van der Waals surface area contributed by atoms with Gasteiger partial charge in [-0.15, -0.1) is 0 Å². The van der Waals surface area contributed by atoms with Crippen LogP contribution in [-0.4, -0.2) is 42.1 Å². The van der Waals surface area contributed by atoms with Crippen LogP contribution in [0.1, 0.15) is 29.9 Å². The van der Waals surface area contributed by atoms with E-state index in [2.05, 4.69) is 29.6 Å². The molecule has 0 saturated heterocycles. The number of nitrogens with zero attached hydrogens (tertiary/aromatic N) is 1. The van der Waals surface area contributed by atoms with E-state index in [4.69, 9.17) is 5.11 Å². The summed E-state index contributed by atoms with van der Waals surface area (Å²) in [5.74, 6) is -0.708. The number of hydrogen-bond acceptors (Lipinski definition) is 2. The zero-order valence-corrected chi connectivity index (χ0v) is 14.4. The van der Waals surface area contributed by atoms with E-state index < -0.39 is 5.97 Å². The van der Waals surface area contributed by atoms with Gasteiger partial charge in [-0.05, 0) is 17.5 Å². The number of carboxylic acids is 1. The molecule has 2 aromatic rings. The molecule has 5 nitrogen and oxygen atoms in total. The first-order valence-corrected chi connectivity index (χ1v) is 8.38. The van der Waals surface area contributed by atoms with Gasteiger partial charge in [0.1, 0.15) is 0 Å². The van der Waals surface area contributed by atoms with Crippen LogP contribution in [0.25, 0.3) is 0 Å². The smallest absolute Gasteiger partial charge is 0.317 e. The SMILES string of the molecule is CN(CCC(=O)O)C(=O)NCCC(c1ccccc1)c1ccccc1. The molecule has 0 spiro atoms. The summed E-state index contributed by atoms with van der Waals surface area (Å²) in [6.07, 6.45) is 0.715. The minimum Gasteiger partial charge on any atom is -0.481 e. The monoisotopic (exact) mass is 340 g/mol. The maximum atomic E-state index is 12.0. The van der Waals surface area contributed by atoms with E-state index in [1.807, 2.05) is 36.4 Å². The zero-order valence-electron chi connectivity index (χ0n) is 14.4. The van der Waals surface area contributed by atoms with Crippen LogP contribution in [0.15, 0.2) is 60.7 Å². The predicted molar refractivity (Wildman–Crippen MR) is 97.6 cm³/mol. The van der Waals surface area contributed by atoms with Gasteiger partial charge in [-0.2, -0.15) is 0 Å². The van der Waals surface area contributed by atoms with Crippen molar-refractivity contribution in [3.05, 3.63) is 71.8 Å². The summed E-state index contributed by atoms with van der Waals surface area (Å²) >= 11 is 0. The fraction of sp³-hybridized carbons (Fsp3) is 0.300. The maximum Gasteiger partial charge on any atom is 0.317 e. The molecule has 0 aliphatic carbocycles. The molecule has 2 N–H and O–H groups in total. The first-order valence-electron chi connectivity index (χ1n) is 8.38.